The van der Waals surface area contributed by atoms with Gasteiger partial charge in [0.1, 0.15) is 0 Å². The summed E-state index contributed by atoms with van der Waals surface area (Å²) in [5.74, 6) is -0.181. The first-order chi connectivity index (χ1) is 12.1. The van der Waals surface area contributed by atoms with Crippen LogP contribution in [0, 0.1) is 5.92 Å². The minimum absolute atomic E-state index is 0.0313. The molecule has 25 heavy (non-hydrogen) atoms. The highest BCUT2D eigenvalue weighted by atomic mass is 16.2. The summed E-state index contributed by atoms with van der Waals surface area (Å²) in [4.78, 5) is 39.8. The van der Waals surface area contributed by atoms with Crippen LogP contribution in [-0.2, 0) is 9.59 Å². The van der Waals surface area contributed by atoms with E-state index in [-0.39, 0.29) is 29.8 Å². The monoisotopic (exact) mass is 344 g/mol. The van der Waals surface area contributed by atoms with E-state index in [4.69, 9.17) is 0 Å². The number of para-hydroxylation sites is 1. The number of urea groups is 1. The van der Waals surface area contributed by atoms with Gasteiger partial charge in [-0.1, -0.05) is 18.2 Å². The first-order valence-electron chi connectivity index (χ1n) is 8.75. The number of nitrogens with one attached hydrogen (secondary N) is 2. The van der Waals surface area contributed by atoms with Gasteiger partial charge in [-0.2, -0.15) is 0 Å². The summed E-state index contributed by atoms with van der Waals surface area (Å²) in [5, 5.41) is 5.59. The standard InChI is InChI=1S/C18H24N4O3/c1-13(17(24)22-12-9-19-18(22)25)21-10-7-14(8-11-21)16(23)20-15-5-3-2-4-6-15/h2-6,13-14H,7-12H2,1H3,(H,19,25)(H,20,23)/t13-/m1/s1. The smallest absolute Gasteiger partial charge is 0.324 e. The second-order valence-electron chi connectivity index (χ2n) is 6.56. The van der Waals surface area contributed by atoms with Crippen LogP contribution in [0.3, 0.4) is 0 Å². The zero-order chi connectivity index (χ0) is 17.8. The minimum Gasteiger partial charge on any atom is -0.336 e. The largest absolute Gasteiger partial charge is 0.336 e. The van der Waals surface area contributed by atoms with Gasteiger partial charge in [-0.15, -0.1) is 0 Å². The molecule has 2 heterocycles. The summed E-state index contributed by atoms with van der Waals surface area (Å²) in [6, 6.07) is 8.77. The van der Waals surface area contributed by atoms with Crippen LogP contribution in [0.5, 0.6) is 0 Å². The van der Waals surface area contributed by atoms with Crippen LogP contribution in [0.4, 0.5) is 10.5 Å². The van der Waals surface area contributed by atoms with E-state index in [1.807, 2.05) is 37.3 Å². The van der Waals surface area contributed by atoms with Gasteiger partial charge in [0.25, 0.3) is 0 Å². The van der Waals surface area contributed by atoms with Crippen LogP contribution >= 0.6 is 0 Å². The van der Waals surface area contributed by atoms with Gasteiger partial charge in [-0.25, -0.2) is 4.79 Å². The molecule has 2 fully saturated rings. The second kappa shape index (κ2) is 7.65. The van der Waals surface area contributed by atoms with E-state index in [0.717, 1.165) is 5.69 Å². The van der Waals surface area contributed by atoms with E-state index < -0.39 is 0 Å². The van der Waals surface area contributed by atoms with Crippen LogP contribution < -0.4 is 10.6 Å². The van der Waals surface area contributed by atoms with Crippen molar-refractivity contribution in [3.8, 4) is 0 Å². The molecular weight excluding hydrogens is 320 g/mol. The van der Waals surface area contributed by atoms with E-state index in [1.54, 1.807) is 0 Å². The van der Waals surface area contributed by atoms with Crippen molar-refractivity contribution >= 4 is 23.5 Å². The molecule has 3 rings (SSSR count). The summed E-state index contributed by atoms with van der Waals surface area (Å²) >= 11 is 0. The van der Waals surface area contributed by atoms with E-state index in [0.29, 0.717) is 39.0 Å². The van der Waals surface area contributed by atoms with E-state index >= 15 is 0 Å². The molecule has 0 bridgehead atoms. The van der Waals surface area contributed by atoms with Gasteiger partial charge in [-0.3, -0.25) is 19.4 Å². The maximum Gasteiger partial charge on any atom is 0.324 e. The van der Waals surface area contributed by atoms with Gasteiger partial charge < -0.3 is 10.6 Å². The SMILES string of the molecule is C[C@H](C(=O)N1CCNC1=O)N1CCC(C(=O)Nc2ccccc2)CC1. The number of likely N-dealkylation sites (tertiary alicyclic amines) is 1. The molecule has 2 aliphatic rings. The van der Waals surface area contributed by atoms with Gasteiger partial charge in [0.2, 0.25) is 11.8 Å². The van der Waals surface area contributed by atoms with Gasteiger partial charge in [0, 0.05) is 24.7 Å². The molecule has 0 unspecified atom stereocenters. The maximum absolute atomic E-state index is 12.5. The van der Waals surface area contributed by atoms with Crippen molar-refractivity contribution in [3.63, 3.8) is 0 Å². The quantitative estimate of drug-likeness (QED) is 0.862. The molecule has 0 spiro atoms. The number of amides is 4. The molecule has 7 heteroatoms. The summed E-state index contributed by atoms with van der Waals surface area (Å²) in [7, 11) is 0. The number of piperidine rings is 1. The molecule has 4 amide bonds. The summed E-state index contributed by atoms with van der Waals surface area (Å²) < 4.78 is 0. The van der Waals surface area contributed by atoms with Crippen molar-refractivity contribution in [1.82, 2.24) is 15.1 Å². The number of anilines is 1. The zero-order valence-electron chi connectivity index (χ0n) is 14.4. The predicted octanol–water partition coefficient (Wildman–Crippen LogP) is 1.28. The van der Waals surface area contributed by atoms with Gasteiger partial charge in [0.15, 0.2) is 0 Å². The molecule has 0 aliphatic carbocycles. The Hall–Kier alpha value is -2.41. The Morgan fingerprint density at radius 1 is 1.16 bits per heavy atom. The molecule has 1 aromatic carbocycles. The molecule has 1 aromatic rings. The van der Waals surface area contributed by atoms with Crippen LogP contribution in [0.25, 0.3) is 0 Å². The number of nitrogens with zero attached hydrogens (tertiary/aromatic N) is 2. The summed E-state index contributed by atoms with van der Waals surface area (Å²) in [6.45, 7) is 4.12. The lowest BCUT2D eigenvalue weighted by atomic mass is 9.94. The molecule has 0 radical (unpaired) electrons. The van der Waals surface area contributed by atoms with E-state index in [2.05, 4.69) is 15.5 Å². The number of hydrogen-bond donors (Lipinski definition) is 2. The van der Waals surface area contributed by atoms with Gasteiger partial charge in [-0.05, 0) is 45.0 Å². The zero-order valence-corrected chi connectivity index (χ0v) is 14.4. The van der Waals surface area contributed by atoms with E-state index in [9.17, 15) is 14.4 Å². The third-order valence-electron chi connectivity index (χ3n) is 4.97. The van der Waals surface area contributed by atoms with Crippen molar-refractivity contribution in [1.29, 1.82) is 0 Å². The Morgan fingerprint density at radius 2 is 1.84 bits per heavy atom. The number of benzene rings is 1. The average molecular weight is 344 g/mol. The highest BCUT2D eigenvalue weighted by Crippen LogP contribution is 2.22. The molecule has 2 saturated heterocycles. The first-order valence-corrected chi connectivity index (χ1v) is 8.75. The summed E-state index contributed by atoms with van der Waals surface area (Å²) in [5.41, 5.74) is 0.804. The fraction of sp³-hybridized carbons (Fsp3) is 0.500. The van der Waals surface area contributed by atoms with Crippen LogP contribution in [0.2, 0.25) is 0 Å². The topological polar surface area (TPSA) is 81.8 Å². The second-order valence-corrected chi connectivity index (χ2v) is 6.56. The molecule has 2 N–H and O–H groups in total. The Morgan fingerprint density at radius 3 is 2.44 bits per heavy atom. The minimum atomic E-state index is -0.345. The van der Waals surface area contributed by atoms with Crippen molar-refractivity contribution in [2.75, 3.05) is 31.5 Å². The third kappa shape index (κ3) is 3.99. The molecule has 1 atom stereocenters. The molecule has 7 nitrogen and oxygen atoms in total. The molecule has 134 valence electrons. The average Bonchev–Trinajstić information content (AvgIpc) is 3.07. The number of rotatable bonds is 4. The lowest BCUT2D eigenvalue weighted by Gasteiger charge is -2.35. The molecule has 2 aliphatic heterocycles. The number of hydrogen-bond acceptors (Lipinski definition) is 4. The van der Waals surface area contributed by atoms with Gasteiger partial charge in [0.05, 0.1) is 6.04 Å². The third-order valence-corrected chi connectivity index (χ3v) is 4.97. The molecule has 0 saturated carbocycles. The number of carbonyl (C=O) groups excluding carboxylic acids is 3. The maximum atomic E-state index is 12.5. The highest BCUT2D eigenvalue weighted by Gasteiger charge is 2.35. The van der Waals surface area contributed by atoms with Crippen LogP contribution in [0.15, 0.2) is 30.3 Å². The van der Waals surface area contributed by atoms with Crippen molar-refractivity contribution in [2.24, 2.45) is 5.92 Å². The van der Waals surface area contributed by atoms with Crippen molar-refractivity contribution < 1.29 is 14.4 Å². The fourth-order valence-corrected chi connectivity index (χ4v) is 3.38. The normalized spacial score (nSPS) is 20.2. The summed E-state index contributed by atoms with van der Waals surface area (Å²) in [6.07, 6.45) is 1.42. The molecular formula is C18H24N4O3. The molecule has 0 aromatic heterocycles. The number of imide groups is 1. The fourth-order valence-electron chi connectivity index (χ4n) is 3.38. The Labute approximate surface area is 147 Å². The van der Waals surface area contributed by atoms with Crippen molar-refractivity contribution in [2.45, 2.75) is 25.8 Å². The highest BCUT2D eigenvalue weighted by molar-refractivity contribution is 5.98. The number of carbonyl (C=O) groups is 3. The predicted molar refractivity (Wildman–Crippen MR) is 93.9 cm³/mol. The van der Waals surface area contributed by atoms with Gasteiger partial charge >= 0.3 is 6.03 Å². The Bertz CT molecular complexity index is 641. The van der Waals surface area contributed by atoms with Crippen LogP contribution in [-0.4, -0.2) is 59.9 Å². The van der Waals surface area contributed by atoms with Crippen molar-refractivity contribution in [3.05, 3.63) is 30.3 Å². The lowest BCUT2D eigenvalue weighted by molar-refractivity contribution is -0.133. The first kappa shape index (κ1) is 17.4. The van der Waals surface area contributed by atoms with Crippen LogP contribution in [0.1, 0.15) is 19.8 Å². The lowest BCUT2D eigenvalue weighted by Crippen LogP contribution is -2.51. The Balaban J connectivity index is 1.50. The Kier molecular flexibility index (Phi) is 5.33. The van der Waals surface area contributed by atoms with E-state index in [1.165, 1.54) is 4.90 Å².